The molecule has 0 spiro atoms. The Labute approximate surface area is 78.8 Å². The quantitative estimate of drug-likeness (QED) is 0.582. The summed E-state index contributed by atoms with van der Waals surface area (Å²) >= 11 is 6.37. The number of alkyl halides is 1. The van der Waals surface area contributed by atoms with Gasteiger partial charge in [-0.3, -0.25) is 4.90 Å². The molecule has 2 rings (SSSR count). The third-order valence-corrected chi connectivity index (χ3v) is 4.16. The summed E-state index contributed by atoms with van der Waals surface area (Å²) in [4.78, 5) is 2.28. The van der Waals surface area contributed by atoms with Gasteiger partial charge in [0.25, 0.3) is 0 Å². The number of nitrogens with zero attached hydrogens (tertiary/aromatic N) is 1. The Balaban J connectivity index is 2.27. The molecule has 2 aliphatic rings. The summed E-state index contributed by atoms with van der Waals surface area (Å²) in [6.07, 6.45) is 3.61. The van der Waals surface area contributed by atoms with Crippen LogP contribution in [-0.2, 0) is 4.74 Å². The molecule has 1 aliphatic carbocycles. The highest BCUT2D eigenvalue weighted by atomic mass is 35.5. The molecule has 0 aromatic heterocycles. The zero-order valence-corrected chi connectivity index (χ0v) is 8.47. The van der Waals surface area contributed by atoms with Crippen LogP contribution in [0, 0.1) is 5.92 Å². The third kappa shape index (κ3) is 0.949. The number of hydrogen-bond donors (Lipinski definition) is 0. The molecule has 2 unspecified atom stereocenters. The normalized spacial score (nSPS) is 48.2. The van der Waals surface area contributed by atoms with Crippen molar-refractivity contribution in [2.75, 3.05) is 20.7 Å². The lowest BCUT2D eigenvalue weighted by Gasteiger charge is -2.39. The fraction of sp³-hybridized carbons (Fsp3) is 1.00. The minimum Gasteiger partial charge on any atom is -0.362 e. The Morgan fingerprint density at radius 3 is 2.92 bits per heavy atom. The van der Waals surface area contributed by atoms with Crippen molar-refractivity contribution in [2.24, 2.45) is 5.92 Å². The van der Waals surface area contributed by atoms with E-state index in [2.05, 4.69) is 11.9 Å². The van der Waals surface area contributed by atoms with Crippen molar-refractivity contribution in [3.63, 3.8) is 0 Å². The SMILES string of the molecule is CO[C@@]12CCCC(CN1C)C2Cl. The Morgan fingerprint density at radius 1 is 1.58 bits per heavy atom. The van der Waals surface area contributed by atoms with E-state index in [1.165, 1.54) is 12.8 Å². The Hall–Kier alpha value is 0.210. The summed E-state index contributed by atoms with van der Waals surface area (Å²) in [6.45, 7) is 1.10. The predicted molar refractivity (Wildman–Crippen MR) is 49.4 cm³/mol. The molecular weight excluding hydrogens is 174 g/mol. The van der Waals surface area contributed by atoms with E-state index in [9.17, 15) is 0 Å². The second kappa shape index (κ2) is 2.86. The number of fused-ring (bicyclic) bond motifs is 2. The van der Waals surface area contributed by atoms with E-state index >= 15 is 0 Å². The van der Waals surface area contributed by atoms with Crippen molar-refractivity contribution >= 4 is 11.6 Å². The van der Waals surface area contributed by atoms with Crippen LogP contribution < -0.4 is 0 Å². The largest absolute Gasteiger partial charge is 0.362 e. The zero-order valence-electron chi connectivity index (χ0n) is 7.72. The van der Waals surface area contributed by atoms with Crippen molar-refractivity contribution in [3.05, 3.63) is 0 Å². The van der Waals surface area contributed by atoms with E-state index in [1.807, 2.05) is 0 Å². The van der Waals surface area contributed by atoms with Crippen LogP contribution >= 0.6 is 11.6 Å². The van der Waals surface area contributed by atoms with Gasteiger partial charge in [0, 0.05) is 13.7 Å². The first-order valence-corrected chi connectivity index (χ1v) is 5.05. The smallest absolute Gasteiger partial charge is 0.137 e. The van der Waals surface area contributed by atoms with Crippen molar-refractivity contribution in [1.82, 2.24) is 4.90 Å². The van der Waals surface area contributed by atoms with Crippen molar-refractivity contribution in [2.45, 2.75) is 30.4 Å². The lowest BCUT2D eigenvalue weighted by Crippen LogP contribution is -2.50. The third-order valence-electron chi connectivity index (χ3n) is 3.46. The highest BCUT2D eigenvalue weighted by Crippen LogP contribution is 2.46. The molecule has 2 nitrogen and oxygen atoms in total. The van der Waals surface area contributed by atoms with Gasteiger partial charge in [0.05, 0.1) is 5.38 Å². The molecule has 3 atom stereocenters. The molecule has 0 radical (unpaired) electrons. The molecule has 70 valence electrons. The topological polar surface area (TPSA) is 12.5 Å². The number of rotatable bonds is 1. The average molecular weight is 190 g/mol. The van der Waals surface area contributed by atoms with Crippen molar-refractivity contribution in [3.8, 4) is 0 Å². The Bertz CT molecular complexity index is 187. The van der Waals surface area contributed by atoms with Crippen LogP contribution in [0.2, 0.25) is 0 Å². The maximum absolute atomic E-state index is 6.37. The van der Waals surface area contributed by atoms with E-state index in [0.717, 1.165) is 13.0 Å². The van der Waals surface area contributed by atoms with Crippen molar-refractivity contribution < 1.29 is 4.74 Å². The first-order chi connectivity index (χ1) is 5.70. The summed E-state index contributed by atoms with van der Waals surface area (Å²) in [6, 6.07) is 0. The van der Waals surface area contributed by atoms with Crippen LogP contribution in [0.25, 0.3) is 0 Å². The number of methoxy groups -OCH3 is 1. The van der Waals surface area contributed by atoms with Crippen LogP contribution in [0.5, 0.6) is 0 Å². The van der Waals surface area contributed by atoms with Crippen LogP contribution in [0.3, 0.4) is 0 Å². The second-order valence-electron chi connectivity index (χ2n) is 3.98. The summed E-state index contributed by atoms with van der Waals surface area (Å²) in [5, 5.41) is 0.196. The molecule has 12 heavy (non-hydrogen) atoms. The van der Waals surface area contributed by atoms with Crippen LogP contribution in [0.1, 0.15) is 19.3 Å². The number of likely N-dealkylation sites (tertiary alicyclic amines) is 1. The summed E-state index contributed by atoms with van der Waals surface area (Å²) in [5.74, 6) is 0.644. The molecule has 0 aromatic carbocycles. The molecule has 1 aliphatic heterocycles. The van der Waals surface area contributed by atoms with Gasteiger partial charge in [-0.15, -0.1) is 11.6 Å². The van der Waals surface area contributed by atoms with Gasteiger partial charge >= 0.3 is 0 Å². The van der Waals surface area contributed by atoms with Crippen LogP contribution in [0.15, 0.2) is 0 Å². The number of hydrogen-bond acceptors (Lipinski definition) is 2. The Kier molecular flexibility index (Phi) is 2.10. The van der Waals surface area contributed by atoms with E-state index in [4.69, 9.17) is 16.3 Å². The van der Waals surface area contributed by atoms with Gasteiger partial charge in [-0.05, 0) is 32.2 Å². The van der Waals surface area contributed by atoms with E-state index in [-0.39, 0.29) is 11.1 Å². The number of halogens is 1. The van der Waals surface area contributed by atoms with Gasteiger partial charge in [0.1, 0.15) is 5.72 Å². The van der Waals surface area contributed by atoms with Crippen LogP contribution in [-0.4, -0.2) is 36.7 Å². The van der Waals surface area contributed by atoms with Gasteiger partial charge < -0.3 is 4.74 Å². The van der Waals surface area contributed by atoms with E-state index in [0.29, 0.717) is 5.92 Å². The molecular formula is C9H16ClNO. The van der Waals surface area contributed by atoms with E-state index in [1.54, 1.807) is 7.11 Å². The summed E-state index contributed by atoms with van der Waals surface area (Å²) in [5.41, 5.74) is -0.148. The Morgan fingerprint density at radius 2 is 2.33 bits per heavy atom. The van der Waals surface area contributed by atoms with Gasteiger partial charge in [-0.2, -0.15) is 0 Å². The average Bonchev–Trinajstić information content (AvgIpc) is 2.23. The molecule has 0 aromatic rings. The maximum atomic E-state index is 6.37. The lowest BCUT2D eigenvalue weighted by molar-refractivity contribution is -0.109. The molecule has 1 heterocycles. The molecule has 2 fully saturated rings. The van der Waals surface area contributed by atoms with Crippen molar-refractivity contribution in [1.29, 1.82) is 0 Å². The molecule has 1 saturated heterocycles. The summed E-state index contributed by atoms with van der Waals surface area (Å²) in [7, 11) is 3.89. The zero-order chi connectivity index (χ0) is 8.77. The highest BCUT2D eigenvalue weighted by molar-refractivity contribution is 6.21. The van der Waals surface area contributed by atoms with Gasteiger partial charge in [-0.1, -0.05) is 0 Å². The number of ether oxygens (including phenoxy) is 1. The predicted octanol–water partition coefficient (Wildman–Crippen LogP) is 1.68. The fourth-order valence-corrected chi connectivity index (χ4v) is 3.30. The molecule has 0 N–H and O–H groups in total. The monoisotopic (exact) mass is 189 g/mol. The maximum Gasteiger partial charge on any atom is 0.137 e. The minimum absolute atomic E-state index is 0.148. The van der Waals surface area contributed by atoms with Gasteiger partial charge in [0.2, 0.25) is 0 Å². The second-order valence-corrected chi connectivity index (χ2v) is 4.45. The first kappa shape index (κ1) is 8.79. The lowest BCUT2D eigenvalue weighted by atomic mass is 9.87. The molecule has 2 bridgehead atoms. The fourth-order valence-electron chi connectivity index (χ4n) is 2.73. The molecule has 1 saturated carbocycles. The van der Waals surface area contributed by atoms with Gasteiger partial charge in [-0.25, -0.2) is 0 Å². The minimum atomic E-state index is -0.148. The standard InChI is InChI=1S/C9H16ClNO/c1-11-6-7-4-3-5-9(11,12-2)8(7)10/h7-8H,3-6H2,1-2H3/t7?,8?,9-/m1/s1. The van der Waals surface area contributed by atoms with Crippen LogP contribution in [0.4, 0.5) is 0 Å². The first-order valence-electron chi connectivity index (χ1n) is 4.61. The molecule has 0 amide bonds. The highest BCUT2D eigenvalue weighted by Gasteiger charge is 2.53. The van der Waals surface area contributed by atoms with E-state index < -0.39 is 0 Å². The summed E-state index contributed by atoms with van der Waals surface area (Å²) < 4.78 is 5.59. The molecule has 3 heteroatoms. The van der Waals surface area contributed by atoms with Gasteiger partial charge in [0.15, 0.2) is 0 Å².